The molecule has 6 heteroatoms. The summed E-state index contributed by atoms with van der Waals surface area (Å²) < 4.78 is 5.50. The average molecular weight is 307 g/mol. The van der Waals surface area contributed by atoms with E-state index in [2.05, 4.69) is 10.6 Å². The van der Waals surface area contributed by atoms with Gasteiger partial charge in [0, 0.05) is 5.56 Å². The summed E-state index contributed by atoms with van der Waals surface area (Å²) in [5.74, 6) is -0.144. The summed E-state index contributed by atoms with van der Waals surface area (Å²) >= 11 is 0. The van der Waals surface area contributed by atoms with E-state index in [-0.39, 0.29) is 11.8 Å². The zero-order valence-electron chi connectivity index (χ0n) is 12.3. The summed E-state index contributed by atoms with van der Waals surface area (Å²) in [6.45, 7) is 1.65. The molecular weight excluding hydrogens is 294 g/mol. The summed E-state index contributed by atoms with van der Waals surface area (Å²) in [5.41, 5.74) is 1.63. The van der Waals surface area contributed by atoms with Crippen molar-refractivity contribution in [3.05, 3.63) is 53.6 Å². The molecule has 114 valence electrons. The van der Waals surface area contributed by atoms with Crippen LogP contribution in [-0.2, 0) is 4.79 Å². The Hall–Kier alpha value is -3.33. The van der Waals surface area contributed by atoms with Crippen LogP contribution in [-0.4, -0.2) is 17.9 Å². The standard InChI is InChI=1S/C17H13N3O3/c1-10-16(21)20-15-13(6-3-7-14(15)23-10)19-17(22)12-5-2-4-11(8-12)9-18/h2-8,10H,1H3,(H,19,22)(H,20,21). The lowest BCUT2D eigenvalue weighted by atomic mass is 10.1. The minimum absolute atomic E-state index is 0.273. The van der Waals surface area contributed by atoms with E-state index in [9.17, 15) is 9.59 Å². The molecule has 2 N–H and O–H groups in total. The van der Waals surface area contributed by atoms with Crippen LogP contribution in [0, 0.1) is 11.3 Å². The smallest absolute Gasteiger partial charge is 0.265 e. The predicted molar refractivity (Wildman–Crippen MR) is 84.3 cm³/mol. The fourth-order valence-corrected chi connectivity index (χ4v) is 2.26. The van der Waals surface area contributed by atoms with Gasteiger partial charge >= 0.3 is 0 Å². The maximum Gasteiger partial charge on any atom is 0.265 e. The van der Waals surface area contributed by atoms with E-state index in [0.29, 0.717) is 28.3 Å². The largest absolute Gasteiger partial charge is 0.479 e. The third kappa shape index (κ3) is 2.85. The Kier molecular flexibility index (Phi) is 3.69. The van der Waals surface area contributed by atoms with E-state index in [1.807, 2.05) is 6.07 Å². The third-order valence-electron chi connectivity index (χ3n) is 3.45. The van der Waals surface area contributed by atoms with Gasteiger partial charge in [-0.15, -0.1) is 0 Å². The molecule has 0 saturated carbocycles. The van der Waals surface area contributed by atoms with Crippen LogP contribution in [0.3, 0.4) is 0 Å². The first-order valence-electron chi connectivity index (χ1n) is 7.00. The van der Waals surface area contributed by atoms with Gasteiger partial charge in [0.25, 0.3) is 11.8 Å². The van der Waals surface area contributed by atoms with E-state index in [0.717, 1.165) is 0 Å². The second-order valence-corrected chi connectivity index (χ2v) is 5.07. The van der Waals surface area contributed by atoms with Crippen molar-refractivity contribution in [1.29, 1.82) is 5.26 Å². The molecule has 0 fully saturated rings. The van der Waals surface area contributed by atoms with Crippen LogP contribution in [0.1, 0.15) is 22.8 Å². The molecule has 0 aliphatic carbocycles. The van der Waals surface area contributed by atoms with Gasteiger partial charge in [0.15, 0.2) is 6.10 Å². The number of rotatable bonds is 2. The number of nitriles is 1. The van der Waals surface area contributed by atoms with E-state index in [1.165, 1.54) is 6.07 Å². The van der Waals surface area contributed by atoms with Crippen LogP contribution in [0.25, 0.3) is 0 Å². The summed E-state index contributed by atoms with van der Waals surface area (Å²) in [6.07, 6.45) is -0.583. The van der Waals surface area contributed by atoms with Crippen molar-refractivity contribution in [2.45, 2.75) is 13.0 Å². The number of para-hydroxylation sites is 1. The molecule has 2 aromatic rings. The topological polar surface area (TPSA) is 91.2 Å². The van der Waals surface area contributed by atoms with E-state index < -0.39 is 6.10 Å². The van der Waals surface area contributed by atoms with Crippen molar-refractivity contribution in [2.75, 3.05) is 10.6 Å². The number of fused-ring (bicyclic) bond motifs is 1. The van der Waals surface area contributed by atoms with Crippen LogP contribution in [0.15, 0.2) is 42.5 Å². The number of amides is 2. The zero-order chi connectivity index (χ0) is 16.4. The molecule has 23 heavy (non-hydrogen) atoms. The van der Waals surface area contributed by atoms with Crippen LogP contribution in [0.5, 0.6) is 5.75 Å². The van der Waals surface area contributed by atoms with Gasteiger partial charge in [-0.05, 0) is 37.3 Å². The van der Waals surface area contributed by atoms with Crippen molar-refractivity contribution in [3.63, 3.8) is 0 Å². The number of benzene rings is 2. The second-order valence-electron chi connectivity index (χ2n) is 5.07. The number of carbonyl (C=O) groups excluding carboxylic acids is 2. The molecule has 1 heterocycles. The number of nitrogens with one attached hydrogen (secondary N) is 2. The molecule has 1 atom stereocenters. The Labute approximate surface area is 132 Å². The second kappa shape index (κ2) is 5.81. The Morgan fingerprint density at radius 2 is 2.09 bits per heavy atom. The molecule has 1 unspecified atom stereocenters. The number of anilines is 2. The first-order chi connectivity index (χ1) is 11.1. The summed E-state index contributed by atoms with van der Waals surface area (Å²) in [5, 5.41) is 14.4. The fourth-order valence-electron chi connectivity index (χ4n) is 2.26. The Morgan fingerprint density at radius 3 is 2.87 bits per heavy atom. The molecule has 0 spiro atoms. The number of carbonyl (C=O) groups is 2. The number of ether oxygens (including phenoxy) is 1. The lowest BCUT2D eigenvalue weighted by Crippen LogP contribution is -2.34. The highest BCUT2D eigenvalue weighted by Crippen LogP contribution is 2.36. The van der Waals surface area contributed by atoms with Crippen molar-refractivity contribution in [3.8, 4) is 11.8 Å². The van der Waals surface area contributed by atoms with Gasteiger partial charge in [-0.3, -0.25) is 9.59 Å². The first kappa shape index (κ1) is 14.6. The highest BCUT2D eigenvalue weighted by molar-refractivity contribution is 6.09. The van der Waals surface area contributed by atoms with Crippen LogP contribution >= 0.6 is 0 Å². The molecule has 3 rings (SSSR count). The Balaban J connectivity index is 1.89. The normalized spacial score (nSPS) is 15.7. The van der Waals surface area contributed by atoms with Gasteiger partial charge in [0.1, 0.15) is 11.4 Å². The van der Waals surface area contributed by atoms with Crippen molar-refractivity contribution >= 4 is 23.2 Å². The van der Waals surface area contributed by atoms with Crippen molar-refractivity contribution < 1.29 is 14.3 Å². The third-order valence-corrected chi connectivity index (χ3v) is 3.45. The quantitative estimate of drug-likeness (QED) is 0.892. The molecule has 0 radical (unpaired) electrons. The lowest BCUT2D eigenvalue weighted by molar-refractivity contribution is -0.122. The predicted octanol–water partition coefficient (Wildman–Crippen LogP) is 2.53. The maximum atomic E-state index is 12.3. The molecule has 2 aromatic carbocycles. The van der Waals surface area contributed by atoms with Crippen molar-refractivity contribution in [1.82, 2.24) is 0 Å². The van der Waals surface area contributed by atoms with Gasteiger partial charge in [-0.2, -0.15) is 5.26 Å². The Morgan fingerprint density at radius 1 is 1.30 bits per heavy atom. The molecule has 1 aliphatic heterocycles. The SMILES string of the molecule is CC1Oc2cccc(NC(=O)c3cccc(C#N)c3)c2NC1=O. The fraction of sp³-hybridized carbons (Fsp3) is 0.118. The average Bonchev–Trinajstić information content (AvgIpc) is 2.56. The van der Waals surface area contributed by atoms with Gasteiger partial charge in [-0.1, -0.05) is 12.1 Å². The molecule has 1 aliphatic rings. The molecular formula is C17H13N3O3. The molecule has 0 aromatic heterocycles. The van der Waals surface area contributed by atoms with E-state index in [1.54, 1.807) is 43.3 Å². The number of hydrogen-bond donors (Lipinski definition) is 2. The maximum absolute atomic E-state index is 12.3. The minimum atomic E-state index is -0.583. The summed E-state index contributed by atoms with van der Waals surface area (Å²) in [4.78, 5) is 24.1. The monoisotopic (exact) mass is 307 g/mol. The highest BCUT2D eigenvalue weighted by atomic mass is 16.5. The minimum Gasteiger partial charge on any atom is -0.479 e. The van der Waals surface area contributed by atoms with Crippen LogP contribution in [0.2, 0.25) is 0 Å². The van der Waals surface area contributed by atoms with Crippen molar-refractivity contribution in [2.24, 2.45) is 0 Å². The van der Waals surface area contributed by atoms with Crippen LogP contribution in [0.4, 0.5) is 11.4 Å². The van der Waals surface area contributed by atoms with Gasteiger partial charge in [0.2, 0.25) is 0 Å². The zero-order valence-corrected chi connectivity index (χ0v) is 12.3. The van der Waals surface area contributed by atoms with Gasteiger partial charge in [-0.25, -0.2) is 0 Å². The number of nitrogens with zero attached hydrogens (tertiary/aromatic N) is 1. The lowest BCUT2D eigenvalue weighted by Gasteiger charge is -2.25. The molecule has 0 bridgehead atoms. The highest BCUT2D eigenvalue weighted by Gasteiger charge is 2.26. The van der Waals surface area contributed by atoms with Crippen LogP contribution < -0.4 is 15.4 Å². The van der Waals surface area contributed by atoms with E-state index >= 15 is 0 Å². The summed E-state index contributed by atoms with van der Waals surface area (Å²) in [6, 6.07) is 13.5. The Bertz CT molecular complexity index is 839. The first-order valence-corrected chi connectivity index (χ1v) is 7.00. The van der Waals surface area contributed by atoms with Gasteiger partial charge < -0.3 is 15.4 Å². The number of hydrogen-bond acceptors (Lipinski definition) is 4. The van der Waals surface area contributed by atoms with Gasteiger partial charge in [0.05, 0.1) is 17.3 Å². The molecule has 0 saturated heterocycles. The molecule has 2 amide bonds. The molecule has 6 nitrogen and oxygen atoms in total. The summed E-state index contributed by atoms with van der Waals surface area (Å²) in [7, 11) is 0. The van der Waals surface area contributed by atoms with E-state index in [4.69, 9.17) is 10.00 Å².